The van der Waals surface area contributed by atoms with E-state index < -0.39 is 0 Å². The number of benzene rings is 7. The Labute approximate surface area is 246 Å². The van der Waals surface area contributed by atoms with Gasteiger partial charge in [-0.2, -0.15) is 0 Å². The number of rotatable bonds is 7. The fraction of sp³-hybridized carbons (Fsp3) is 0. The van der Waals surface area contributed by atoms with Crippen molar-refractivity contribution in [3.8, 4) is 28.0 Å². The van der Waals surface area contributed by atoms with Gasteiger partial charge in [-0.15, -0.1) is 0 Å². The van der Waals surface area contributed by atoms with Gasteiger partial charge in [-0.25, -0.2) is 0 Å². The topological polar surface area (TPSA) is 32.7 Å². The van der Waals surface area contributed by atoms with Gasteiger partial charge in [0.25, 0.3) is 0 Å². The van der Waals surface area contributed by atoms with Crippen molar-refractivity contribution < 1.29 is 9.68 Å². The molecule has 0 saturated carbocycles. The molecule has 0 fully saturated rings. The molecule has 0 bridgehead atoms. The van der Waals surface area contributed by atoms with E-state index in [9.17, 15) is 0 Å². The van der Waals surface area contributed by atoms with Gasteiger partial charge in [-0.05, 0) is 86.8 Å². The molecule has 0 aliphatic heterocycles. The summed E-state index contributed by atoms with van der Waals surface area (Å²) in [5.41, 5.74) is 7.74. The van der Waals surface area contributed by atoms with Gasteiger partial charge in [-0.1, -0.05) is 109 Å². The average molecular weight is 540 g/mol. The molecule has 3 nitrogen and oxygen atoms in total. The Morgan fingerprint density at radius 1 is 0.476 bits per heavy atom. The third-order valence-corrected chi connectivity index (χ3v) is 7.72. The van der Waals surface area contributed by atoms with Gasteiger partial charge in [0.1, 0.15) is 5.75 Å². The van der Waals surface area contributed by atoms with Crippen LogP contribution in [0.4, 0.5) is 17.1 Å². The van der Waals surface area contributed by atoms with Gasteiger partial charge in [0, 0.05) is 16.9 Å². The highest BCUT2D eigenvalue weighted by Gasteiger charge is 2.18. The van der Waals surface area contributed by atoms with Crippen molar-refractivity contribution in [3.05, 3.63) is 158 Å². The zero-order valence-electron chi connectivity index (χ0n) is 22.9. The fourth-order valence-electron chi connectivity index (χ4n) is 5.70. The first-order valence-corrected chi connectivity index (χ1v) is 14.0. The molecule has 0 aliphatic rings. The quantitative estimate of drug-likeness (QED) is 0.204. The highest BCUT2D eigenvalue weighted by Crippen LogP contribution is 2.42. The molecule has 1 N–H and O–H groups in total. The lowest BCUT2D eigenvalue weighted by Gasteiger charge is -2.28. The smallest absolute Gasteiger partial charge is 0.537 e. The molecule has 7 rings (SSSR count). The Hall–Kier alpha value is -5.32. The minimum Gasteiger partial charge on any atom is -0.537 e. The van der Waals surface area contributed by atoms with E-state index in [0.717, 1.165) is 28.2 Å². The predicted molar refractivity (Wildman–Crippen MR) is 176 cm³/mol. The van der Waals surface area contributed by atoms with Crippen LogP contribution in [0.5, 0.6) is 5.75 Å². The van der Waals surface area contributed by atoms with Crippen molar-refractivity contribution in [2.75, 3.05) is 4.90 Å². The zero-order valence-corrected chi connectivity index (χ0v) is 22.9. The maximum Gasteiger partial charge on any atom is 0.569 e. The maximum atomic E-state index is 9.12. The summed E-state index contributed by atoms with van der Waals surface area (Å²) in [7, 11) is 0.702. The van der Waals surface area contributed by atoms with Gasteiger partial charge in [0.2, 0.25) is 0 Å². The Morgan fingerprint density at radius 2 is 1.07 bits per heavy atom. The van der Waals surface area contributed by atoms with E-state index in [1.165, 1.54) is 32.7 Å². The second-order valence-corrected chi connectivity index (χ2v) is 10.2. The van der Waals surface area contributed by atoms with Crippen LogP contribution in [-0.4, -0.2) is 12.7 Å². The van der Waals surface area contributed by atoms with Gasteiger partial charge < -0.3 is 14.6 Å². The Morgan fingerprint density at radius 3 is 1.86 bits per heavy atom. The van der Waals surface area contributed by atoms with E-state index in [1.807, 2.05) is 24.3 Å². The third kappa shape index (κ3) is 4.89. The third-order valence-electron chi connectivity index (χ3n) is 7.72. The van der Waals surface area contributed by atoms with Crippen LogP contribution in [0, 0.1) is 0 Å². The SMILES string of the molecule is O[B]Oc1ccc(N(c2ccc(-c3cccc4ccccc34)cc2)c2ccccc2-c2ccc3ccccc3c2)cc1. The summed E-state index contributed by atoms with van der Waals surface area (Å²) in [6, 6.07) is 55.0. The summed E-state index contributed by atoms with van der Waals surface area (Å²) in [6.45, 7) is 0. The van der Waals surface area contributed by atoms with Gasteiger partial charge >= 0.3 is 7.69 Å². The predicted octanol–water partition coefficient (Wildman–Crippen LogP) is 9.70. The molecule has 199 valence electrons. The molecule has 0 aromatic heterocycles. The first-order chi connectivity index (χ1) is 20.8. The molecule has 1 radical (unpaired) electrons. The molecular weight excluding hydrogens is 513 g/mol. The fourth-order valence-corrected chi connectivity index (χ4v) is 5.70. The van der Waals surface area contributed by atoms with Crippen molar-refractivity contribution >= 4 is 46.3 Å². The first kappa shape index (κ1) is 25.6. The molecule has 0 amide bonds. The van der Waals surface area contributed by atoms with Crippen molar-refractivity contribution in [2.24, 2.45) is 0 Å². The molecule has 7 aromatic rings. The Balaban J connectivity index is 1.36. The first-order valence-electron chi connectivity index (χ1n) is 14.0. The summed E-state index contributed by atoms with van der Waals surface area (Å²) in [5.74, 6) is 0.565. The van der Waals surface area contributed by atoms with Crippen molar-refractivity contribution in [1.29, 1.82) is 0 Å². The normalized spacial score (nSPS) is 11.0. The van der Waals surface area contributed by atoms with Crippen LogP contribution in [0.1, 0.15) is 0 Å². The van der Waals surface area contributed by atoms with E-state index in [-0.39, 0.29) is 0 Å². The van der Waals surface area contributed by atoms with Crippen LogP contribution in [-0.2, 0) is 0 Å². The van der Waals surface area contributed by atoms with Crippen molar-refractivity contribution in [1.82, 2.24) is 0 Å². The van der Waals surface area contributed by atoms with Crippen LogP contribution in [0.15, 0.2) is 158 Å². The minimum absolute atomic E-state index is 0.565. The summed E-state index contributed by atoms with van der Waals surface area (Å²) < 4.78 is 5.20. The summed E-state index contributed by atoms with van der Waals surface area (Å²) in [5, 5.41) is 14.0. The molecule has 0 atom stereocenters. The van der Waals surface area contributed by atoms with Crippen LogP contribution in [0.3, 0.4) is 0 Å². The number of hydrogen-bond acceptors (Lipinski definition) is 3. The van der Waals surface area contributed by atoms with E-state index in [0.29, 0.717) is 13.4 Å². The molecule has 42 heavy (non-hydrogen) atoms. The molecule has 0 heterocycles. The monoisotopic (exact) mass is 540 g/mol. The Kier molecular flexibility index (Phi) is 6.89. The molecule has 0 aliphatic carbocycles. The summed E-state index contributed by atoms with van der Waals surface area (Å²) in [4.78, 5) is 2.27. The highest BCUT2D eigenvalue weighted by atomic mass is 16.5. The van der Waals surface area contributed by atoms with Crippen molar-refractivity contribution in [2.45, 2.75) is 0 Å². The number of nitrogens with zero attached hydrogens (tertiary/aromatic N) is 1. The van der Waals surface area contributed by atoms with Gasteiger partial charge in [0.05, 0.1) is 5.69 Å². The second kappa shape index (κ2) is 11.3. The molecule has 7 aromatic carbocycles. The number of para-hydroxylation sites is 1. The molecule has 0 unspecified atom stereocenters. The largest absolute Gasteiger partial charge is 0.569 e. The van der Waals surface area contributed by atoms with Gasteiger partial charge in [0.15, 0.2) is 0 Å². The Bertz CT molecular complexity index is 2000. The zero-order chi connectivity index (χ0) is 28.3. The number of fused-ring (bicyclic) bond motifs is 2. The maximum absolute atomic E-state index is 9.12. The van der Waals surface area contributed by atoms with E-state index in [2.05, 4.69) is 138 Å². The molecular formula is C38H27BNO2. The van der Waals surface area contributed by atoms with Gasteiger partial charge in [-0.3, -0.25) is 0 Å². The average Bonchev–Trinajstić information content (AvgIpc) is 3.06. The van der Waals surface area contributed by atoms with E-state index in [1.54, 1.807) is 0 Å². The van der Waals surface area contributed by atoms with E-state index >= 15 is 0 Å². The lowest BCUT2D eigenvalue weighted by Crippen LogP contribution is -2.11. The lowest BCUT2D eigenvalue weighted by atomic mass is 9.97. The van der Waals surface area contributed by atoms with Crippen molar-refractivity contribution in [3.63, 3.8) is 0 Å². The standard InChI is InChI=1S/C38H27BNO2/c41-39-42-34-24-22-33(23-25-34)40(32-20-18-29(19-21-32)36-14-7-11-28-9-3-4-12-35(28)36)38-15-6-5-13-37(38)31-17-16-27-8-1-2-10-30(27)26-31/h1-26,41H. The number of hydrogen-bond donors (Lipinski definition) is 1. The van der Waals surface area contributed by atoms with Crippen LogP contribution in [0.2, 0.25) is 0 Å². The molecule has 4 heteroatoms. The molecule has 0 saturated heterocycles. The van der Waals surface area contributed by atoms with Crippen LogP contribution in [0.25, 0.3) is 43.8 Å². The lowest BCUT2D eigenvalue weighted by molar-refractivity contribution is 0.454. The molecule has 0 spiro atoms. The summed E-state index contributed by atoms with van der Waals surface area (Å²) in [6.07, 6.45) is 0. The van der Waals surface area contributed by atoms with Crippen LogP contribution < -0.4 is 9.55 Å². The minimum atomic E-state index is 0.565. The van der Waals surface area contributed by atoms with E-state index in [4.69, 9.17) is 9.68 Å². The summed E-state index contributed by atoms with van der Waals surface area (Å²) >= 11 is 0. The van der Waals surface area contributed by atoms with Crippen LogP contribution >= 0.6 is 0 Å². The second-order valence-electron chi connectivity index (χ2n) is 10.2. The highest BCUT2D eigenvalue weighted by molar-refractivity contribution is 6.17. The number of anilines is 3.